The molecule has 2 amide bonds. The molecule has 0 bridgehead atoms. The summed E-state index contributed by atoms with van der Waals surface area (Å²) in [6.07, 6.45) is -0.752. The fourth-order valence-electron chi connectivity index (χ4n) is 3.57. The quantitative estimate of drug-likeness (QED) is 0.625. The highest BCUT2D eigenvalue weighted by Gasteiger charge is 2.37. The highest BCUT2D eigenvalue weighted by molar-refractivity contribution is 7.20. The first kappa shape index (κ1) is 19.2. The van der Waals surface area contributed by atoms with Gasteiger partial charge in [-0.15, -0.1) is 22.7 Å². The number of para-hydroxylation sites is 2. The number of thiazole rings is 1. The number of nitrogens with zero attached hydrogens (tertiary/aromatic N) is 3. The third kappa shape index (κ3) is 3.60. The summed E-state index contributed by atoms with van der Waals surface area (Å²) in [6.45, 7) is 2.25. The molecule has 0 saturated carbocycles. The van der Waals surface area contributed by atoms with Crippen LogP contribution in [0.3, 0.4) is 0 Å². The molecule has 154 valence electrons. The molecule has 30 heavy (non-hydrogen) atoms. The first-order valence-corrected chi connectivity index (χ1v) is 11.4. The van der Waals surface area contributed by atoms with Gasteiger partial charge >= 0.3 is 0 Å². The van der Waals surface area contributed by atoms with Gasteiger partial charge in [0.15, 0.2) is 6.10 Å². The Morgan fingerprint density at radius 3 is 2.70 bits per heavy atom. The van der Waals surface area contributed by atoms with Gasteiger partial charge < -0.3 is 14.4 Å². The van der Waals surface area contributed by atoms with Crippen LogP contribution in [0.4, 0.5) is 5.69 Å². The minimum absolute atomic E-state index is 0.122. The van der Waals surface area contributed by atoms with Crippen molar-refractivity contribution in [2.24, 2.45) is 0 Å². The second kappa shape index (κ2) is 8.17. The van der Waals surface area contributed by atoms with Crippen LogP contribution in [0.25, 0.3) is 9.88 Å². The Balaban J connectivity index is 1.43. The van der Waals surface area contributed by atoms with E-state index in [4.69, 9.17) is 9.47 Å². The molecule has 2 aliphatic rings. The monoisotopic (exact) mass is 441 g/mol. The summed E-state index contributed by atoms with van der Waals surface area (Å²) in [5, 5.41) is 4.57. The molecular formula is C21H19N3O4S2. The normalized spacial score (nSPS) is 18.6. The zero-order valence-corrected chi connectivity index (χ0v) is 17.7. The van der Waals surface area contributed by atoms with Gasteiger partial charge in [-0.3, -0.25) is 14.5 Å². The second-order valence-corrected chi connectivity index (χ2v) is 8.75. The highest BCUT2D eigenvalue weighted by atomic mass is 32.1. The van der Waals surface area contributed by atoms with E-state index >= 15 is 0 Å². The fourth-order valence-corrected chi connectivity index (χ4v) is 5.17. The van der Waals surface area contributed by atoms with Crippen molar-refractivity contribution < 1.29 is 19.1 Å². The molecule has 0 aliphatic carbocycles. The average Bonchev–Trinajstić information content (AvgIpc) is 3.50. The van der Waals surface area contributed by atoms with Crippen LogP contribution in [-0.2, 0) is 9.53 Å². The lowest BCUT2D eigenvalue weighted by molar-refractivity contribution is -0.142. The molecule has 0 unspecified atom stereocenters. The zero-order valence-electron chi connectivity index (χ0n) is 16.0. The second-order valence-electron chi connectivity index (χ2n) is 6.94. The summed E-state index contributed by atoms with van der Waals surface area (Å²) in [7, 11) is 0. The molecule has 2 aromatic heterocycles. The number of aromatic nitrogens is 1. The molecule has 5 rings (SSSR count). The number of carbonyl (C=O) groups is 2. The molecule has 1 atom stereocenters. The van der Waals surface area contributed by atoms with Crippen molar-refractivity contribution in [2.45, 2.75) is 6.10 Å². The number of morpholine rings is 1. The zero-order chi connectivity index (χ0) is 20.5. The molecule has 0 radical (unpaired) electrons. The van der Waals surface area contributed by atoms with Gasteiger partial charge in [0.05, 0.1) is 30.3 Å². The Labute approximate surface area is 181 Å². The molecule has 2 aliphatic heterocycles. The van der Waals surface area contributed by atoms with Gasteiger partial charge in [0.1, 0.15) is 16.5 Å². The summed E-state index contributed by atoms with van der Waals surface area (Å²) in [6, 6.07) is 11.2. The van der Waals surface area contributed by atoms with Gasteiger partial charge in [0.25, 0.3) is 11.8 Å². The number of carbonyl (C=O) groups excluding carboxylic acids is 2. The van der Waals surface area contributed by atoms with E-state index in [1.54, 1.807) is 32.6 Å². The number of rotatable bonds is 3. The molecule has 7 nitrogen and oxygen atoms in total. The maximum absolute atomic E-state index is 13.4. The molecule has 3 aromatic rings. The van der Waals surface area contributed by atoms with Gasteiger partial charge in [0, 0.05) is 18.5 Å². The van der Waals surface area contributed by atoms with Gasteiger partial charge in [-0.25, -0.2) is 4.98 Å². The third-order valence-electron chi connectivity index (χ3n) is 5.07. The molecular weight excluding hydrogens is 422 g/mol. The van der Waals surface area contributed by atoms with E-state index in [1.165, 1.54) is 11.3 Å². The van der Waals surface area contributed by atoms with Gasteiger partial charge in [-0.05, 0) is 23.6 Å². The van der Waals surface area contributed by atoms with E-state index in [0.29, 0.717) is 43.4 Å². The minimum atomic E-state index is -0.752. The Morgan fingerprint density at radius 2 is 1.90 bits per heavy atom. The standard InChI is InChI=1S/C21H19N3O4S2/c25-20(14-13-30-19(22-14)18-6-3-11-29-18)24-12-17(21(26)23-7-9-27-10-8-23)28-16-5-2-1-4-15(16)24/h1-6,11,13,17H,7-10,12H2/t17-/m0/s1. The lowest BCUT2D eigenvalue weighted by Crippen LogP contribution is -2.54. The number of ether oxygens (including phenoxy) is 2. The van der Waals surface area contributed by atoms with E-state index < -0.39 is 6.10 Å². The van der Waals surface area contributed by atoms with E-state index in [-0.39, 0.29) is 18.4 Å². The Bertz CT molecular complexity index is 1060. The van der Waals surface area contributed by atoms with Crippen molar-refractivity contribution in [1.29, 1.82) is 0 Å². The molecule has 1 saturated heterocycles. The third-order valence-corrected chi connectivity index (χ3v) is 6.95. The summed E-state index contributed by atoms with van der Waals surface area (Å²) in [4.78, 5) is 35.3. The van der Waals surface area contributed by atoms with Crippen molar-refractivity contribution in [1.82, 2.24) is 9.88 Å². The highest BCUT2D eigenvalue weighted by Crippen LogP contribution is 2.35. The topological polar surface area (TPSA) is 72.0 Å². The number of hydrogen-bond acceptors (Lipinski definition) is 7. The SMILES string of the molecule is O=C([C@@H]1CN(C(=O)c2csc(-c3cccs3)n2)c2ccccc2O1)N1CCOCC1. The first-order chi connectivity index (χ1) is 14.7. The number of benzene rings is 1. The Kier molecular flexibility index (Phi) is 5.24. The molecule has 4 heterocycles. The van der Waals surface area contributed by atoms with E-state index in [9.17, 15) is 9.59 Å². The first-order valence-electron chi connectivity index (χ1n) is 9.64. The molecule has 0 spiro atoms. The maximum atomic E-state index is 13.4. The lowest BCUT2D eigenvalue weighted by Gasteiger charge is -2.37. The minimum Gasteiger partial charge on any atom is -0.476 e. The van der Waals surface area contributed by atoms with Crippen LogP contribution in [0.2, 0.25) is 0 Å². The molecule has 0 N–H and O–H groups in total. The number of fused-ring (bicyclic) bond motifs is 1. The number of hydrogen-bond donors (Lipinski definition) is 0. The fraction of sp³-hybridized carbons (Fsp3) is 0.286. The van der Waals surface area contributed by atoms with Crippen LogP contribution in [0.5, 0.6) is 5.75 Å². The van der Waals surface area contributed by atoms with Gasteiger partial charge in [-0.1, -0.05) is 18.2 Å². The summed E-state index contributed by atoms with van der Waals surface area (Å²) >= 11 is 3.03. The van der Waals surface area contributed by atoms with Crippen LogP contribution in [0, 0.1) is 0 Å². The van der Waals surface area contributed by atoms with Crippen LogP contribution in [0.15, 0.2) is 47.2 Å². The van der Waals surface area contributed by atoms with E-state index in [2.05, 4.69) is 4.98 Å². The van der Waals surface area contributed by atoms with Crippen LogP contribution >= 0.6 is 22.7 Å². The lowest BCUT2D eigenvalue weighted by atomic mass is 10.1. The Morgan fingerprint density at radius 1 is 1.07 bits per heavy atom. The largest absolute Gasteiger partial charge is 0.476 e. The van der Waals surface area contributed by atoms with Gasteiger partial charge in [-0.2, -0.15) is 0 Å². The van der Waals surface area contributed by atoms with Gasteiger partial charge in [0.2, 0.25) is 0 Å². The van der Waals surface area contributed by atoms with Crippen molar-refractivity contribution in [3.8, 4) is 15.6 Å². The number of amides is 2. The predicted octanol–water partition coefficient (Wildman–Crippen LogP) is 3.14. The summed E-state index contributed by atoms with van der Waals surface area (Å²) in [5.41, 5.74) is 1.02. The average molecular weight is 442 g/mol. The molecule has 1 fully saturated rings. The predicted molar refractivity (Wildman–Crippen MR) is 115 cm³/mol. The molecule has 9 heteroatoms. The summed E-state index contributed by atoms with van der Waals surface area (Å²) < 4.78 is 11.3. The van der Waals surface area contributed by atoms with E-state index in [1.807, 2.05) is 35.7 Å². The molecule has 1 aromatic carbocycles. The van der Waals surface area contributed by atoms with Crippen LogP contribution < -0.4 is 9.64 Å². The van der Waals surface area contributed by atoms with Crippen molar-refractivity contribution in [3.63, 3.8) is 0 Å². The van der Waals surface area contributed by atoms with Crippen LogP contribution in [-0.4, -0.2) is 60.7 Å². The number of anilines is 1. The maximum Gasteiger partial charge on any atom is 0.278 e. The summed E-state index contributed by atoms with van der Waals surface area (Å²) in [5.74, 6) is 0.171. The number of thiophene rings is 1. The smallest absolute Gasteiger partial charge is 0.278 e. The van der Waals surface area contributed by atoms with E-state index in [0.717, 1.165) is 9.88 Å². The Hall–Kier alpha value is -2.75. The van der Waals surface area contributed by atoms with Crippen molar-refractivity contribution >= 4 is 40.2 Å². The van der Waals surface area contributed by atoms with Crippen molar-refractivity contribution in [2.75, 3.05) is 37.7 Å². The van der Waals surface area contributed by atoms with Crippen molar-refractivity contribution in [3.05, 3.63) is 52.9 Å². The van der Waals surface area contributed by atoms with Crippen LogP contribution in [0.1, 0.15) is 10.5 Å².